The molecule has 2 aromatic carbocycles. The highest BCUT2D eigenvalue weighted by Crippen LogP contribution is 2.23. The van der Waals surface area contributed by atoms with Crippen LogP contribution in [0.15, 0.2) is 67.0 Å². The number of aromatic nitrogens is 5. The molecular formula is C15H11N5. The minimum Gasteiger partial charge on any atom is -0.260 e. The summed E-state index contributed by atoms with van der Waals surface area (Å²) in [6, 6.07) is 20.1. The lowest BCUT2D eigenvalue weighted by molar-refractivity contribution is 0.955. The maximum absolute atomic E-state index is 4.57. The second-order valence-corrected chi connectivity index (χ2v) is 4.44. The van der Waals surface area contributed by atoms with Crippen LogP contribution in [-0.2, 0) is 0 Å². The Kier molecular flexibility index (Phi) is 2.35. The van der Waals surface area contributed by atoms with Gasteiger partial charge in [0.1, 0.15) is 6.33 Å². The van der Waals surface area contributed by atoms with Crippen molar-refractivity contribution in [1.29, 1.82) is 0 Å². The minimum atomic E-state index is 0.704. The highest BCUT2D eigenvalue weighted by atomic mass is 15.4. The van der Waals surface area contributed by atoms with Gasteiger partial charge in [0.25, 0.3) is 5.78 Å². The van der Waals surface area contributed by atoms with Crippen LogP contribution < -0.4 is 0 Å². The van der Waals surface area contributed by atoms with Crippen LogP contribution in [0.4, 0.5) is 0 Å². The van der Waals surface area contributed by atoms with E-state index in [0.717, 1.165) is 17.1 Å². The number of fused-ring (bicyclic) bond motifs is 1. The monoisotopic (exact) mass is 261 g/mol. The first kappa shape index (κ1) is 10.9. The first-order chi connectivity index (χ1) is 9.93. The van der Waals surface area contributed by atoms with Crippen LogP contribution in [0.2, 0.25) is 0 Å². The Morgan fingerprint density at radius 3 is 2.25 bits per heavy atom. The lowest BCUT2D eigenvalue weighted by Crippen LogP contribution is -1.98. The van der Waals surface area contributed by atoms with Crippen molar-refractivity contribution in [2.24, 2.45) is 0 Å². The smallest absolute Gasteiger partial charge is 0.258 e. The van der Waals surface area contributed by atoms with E-state index in [1.54, 1.807) is 10.8 Å². The van der Waals surface area contributed by atoms with E-state index >= 15 is 0 Å². The van der Waals surface area contributed by atoms with Crippen LogP contribution in [0.25, 0.3) is 22.9 Å². The lowest BCUT2D eigenvalue weighted by Gasteiger charge is -2.06. The normalized spacial score (nSPS) is 11.0. The van der Waals surface area contributed by atoms with Gasteiger partial charge in [-0.3, -0.25) is 4.57 Å². The average molecular weight is 261 g/mol. The fraction of sp³-hybridized carbons (Fsp3) is 0. The maximum Gasteiger partial charge on any atom is 0.258 e. The molecule has 4 aromatic rings. The average Bonchev–Trinajstić information content (AvgIpc) is 3.09. The van der Waals surface area contributed by atoms with Crippen LogP contribution >= 0.6 is 0 Å². The Labute approximate surface area is 115 Å². The molecule has 0 fully saturated rings. The van der Waals surface area contributed by atoms with Crippen molar-refractivity contribution < 1.29 is 0 Å². The standard InChI is InChI=1S/C15H11N5/c1-3-7-12(8-4-1)14-18-19-11-16-17-15(19)20(14)13-9-5-2-6-10-13/h1-11H. The molecule has 4 rings (SSSR count). The summed E-state index contributed by atoms with van der Waals surface area (Å²) in [5.74, 6) is 1.55. The zero-order chi connectivity index (χ0) is 13.4. The molecule has 96 valence electrons. The fourth-order valence-corrected chi connectivity index (χ4v) is 2.27. The van der Waals surface area contributed by atoms with Crippen molar-refractivity contribution in [2.45, 2.75) is 0 Å². The molecular weight excluding hydrogens is 250 g/mol. The van der Waals surface area contributed by atoms with Gasteiger partial charge >= 0.3 is 0 Å². The van der Waals surface area contributed by atoms with E-state index in [2.05, 4.69) is 15.3 Å². The molecule has 0 saturated carbocycles. The molecule has 5 nitrogen and oxygen atoms in total. The van der Waals surface area contributed by atoms with E-state index in [1.165, 1.54) is 0 Å². The number of nitrogens with zero attached hydrogens (tertiary/aromatic N) is 5. The van der Waals surface area contributed by atoms with Crippen molar-refractivity contribution in [1.82, 2.24) is 24.4 Å². The van der Waals surface area contributed by atoms with E-state index < -0.39 is 0 Å². The number of rotatable bonds is 2. The molecule has 2 heterocycles. The molecule has 0 spiro atoms. The summed E-state index contributed by atoms with van der Waals surface area (Å²) in [7, 11) is 0. The number of benzene rings is 2. The van der Waals surface area contributed by atoms with Crippen LogP contribution in [0.5, 0.6) is 0 Å². The molecule has 2 aromatic heterocycles. The Balaban J connectivity index is 2.05. The van der Waals surface area contributed by atoms with Crippen molar-refractivity contribution >= 4 is 5.78 Å². The number of para-hydroxylation sites is 1. The molecule has 0 aliphatic rings. The third kappa shape index (κ3) is 1.60. The summed E-state index contributed by atoms with van der Waals surface area (Å²) in [6.07, 6.45) is 1.61. The Bertz CT molecular complexity index is 846. The van der Waals surface area contributed by atoms with Gasteiger partial charge < -0.3 is 0 Å². The second kappa shape index (κ2) is 4.31. The second-order valence-electron chi connectivity index (χ2n) is 4.44. The summed E-state index contributed by atoms with van der Waals surface area (Å²) in [6.45, 7) is 0. The quantitative estimate of drug-likeness (QED) is 0.557. The molecule has 0 radical (unpaired) electrons. The first-order valence-corrected chi connectivity index (χ1v) is 6.33. The largest absolute Gasteiger partial charge is 0.260 e. The summed E-state index contributed by atoms with van der Waals surface area (Å²) >= 11 is 0. The summed E-state index contributed by atoms with van der Waals surface area (Å²) < 4.78 is 3.69. The zero-order valence-corrected chi connectivity index (χ0v) is 10.6. The molecule has 0 aliphatic heterocycles. The molecule has 0 amide bonds. The van der Waals surface area contributed by atoms with E-state index in [9.17, 15) is 0 Å². The van der Waals surface area contributed by atoms with Gasteiger partial charge in [0.2, 0.25) is 0 Å². The van der Waals surface area contributed by atoms with Crippen LogP contribution in [0.3, 0.4) is 0 Å². The van der Waals surface area contributed by atoms with Crippen molar-refractivity contribution in [3.05, 3.63) is 67.0 Å². The maximum atomic E-state index is 4.57. The van der Waals surface area contributed by atoms with Gasteiger partial charge in [-0.25, -0.2) is 0 Å². The molecule has 0 unspecified atom stereocenters. The first-order valence-electron chi connectivity index (χ1n) is 6.33. The van der Waals surface area contributed by atoms with E-state index in [-0.39, 0.29) is 0 Å². The third-order valence-electron chi connectivity index (χ3n) is 3.17. The topological polar surface area (TPSA) is 48.0 Å². The molecule has 0 aliphatic carbocycles. The Hall–Kier alpha value is -2.95. The molecule has 0 N–H and O–H groups in total. The fourth-order valence-electron chi connectivity index (χ4n) is 2.27. The van der Waals surface area contributed by atoms with Gasteiger partial charge in [-0.15, -0.1) is 15.3 Å². The molecule has 0 atom stereocenters. The summed E-state index contributed by atoms with van der Waals surface area (Å²) in [5.41, 5.74) is 2.06. The molecule has 20 heavy (non-hydrogen) atoms. The van der Waals surface area contributed by atoms with Crippen molar-refractivity contribution in [2.75, 3.05) is 0 Å². The van der Waals surface area contributed by atoms with Gasteiger partial charge in [0.15, 0.2) is 5.82 Å². The number of hydrogen-bond donors (Lipinski definition) is 0. The Morgan fingerprint density at radius 2 is 1.50 bits per heavy atom. The molecule has 0 bridgehead atoms. The van der Waals surface area contributed by atoms with Gasteiger partial charge in [-0.1, -0.05) is 48.5 Å². The molecule has 0 saturated heterocycles. The van der Waals surface area contributed by atoms with Gasteiger partial charge in [-0.2, -0.15) is 4.52 Å². The SMILES string of the molecule is c1ccc(-c2nn3cnnc3n2-c2ccccc2)cc1. The van der Waals surface area contributed by atoms with Crippen LogP contribution in [0.1, 0.15) is 0 Å². The van der Waals surface area contributed by atoms with Gasteiger partial charge in [0, 0.05) is 5.56 Å². The summed E-state index contributed by atoms with van der Waals surface area (Å²) in [4.78, 5) is 0. The van der Waals surface area contributed by atoms with Crippen LogP contribution in [-0.4, -0.2) is 24.4 Å². The minimum absolute atomic E-state index is 0.704. The summed E-state index contributed by atoms with van der Waals surface area (Å²) in [5, 5.41) is 12.6. The number of hydrogen-bond acceptors (Lipinski definition) is 3. The van der Waals surface area contributed by atoms with Gasteiger partial charge in [0.05, 0.1) is 5.69 Å². The predicted octanol–water partition coefficient (Wildman–Crippen LogP) is 2.58. The van der Waals surface area contributed by atoms with Crippen LogP contribution in [0, 0.1) is 0 Å². The van der Waals surface area contributed by atoms with Gasteiger partial charge in [-0.05, 0) is 12.1 Å². The predicted molar refractivity (Wildman–Crippen MR) is 75.5 cm³/mol. The lowest BCUT2D eigenvalue weighted by atomic mass is 10.2. The Morgan fingerprint density at radius 1 is 0.800 bits per heavy atom. The highest BCUT2D eigenvalue weighted by molar-refractivity contribution is 5.62. The molecule has 5 heteroatoms. The van der Waals surface area contributed by atoms with E-state index in [4.69, 9.17) is 0 Å². The van der Waals surface area contributed by atoms with Crippen molar-refractivity contribution in [3.63, 3.8) is 0 Å². The third-order valence-corrected chi connectivity index (χ3v) is 3.17. The highest BCUT2D eigenvalue weighted by Gasteiger charge is 2.15. The van der Waals surface area contributed by atoms with E-state index in [1.807, 2.05) is 65.2 Å². The zero-order valence-electron chi connectivity index (χ0n) is 10.6. The van der Waals surface area contributed by atoms with Crippen molar-refractivity contribution in [3.8, 4) is 17.1 Å². The van der Waals surface area contributed by atoms with E-state index in [0.29, 0.717) is 5.78 Å².